The Hall–Kier alpha value is -3.85. The molecular formula is C33H43N3O5S. The van der Waals surface area contributed by atoms with Gasteiger partial charge in [0.15, 0.2) is 0 Å². The zero-order valence-electron chi connectivity index (χ0n) is 25.7. The number of benzene rings is 3. The van der Waals surface area contributed by atoms with Crippen molar-refractivity contribution in [2.24, 2.45) is 5.92 Å². The standard InChI is InChI=1S/C33H43N3O5S/c1-8-30(33(38)34-20-23(2)3)35(21-27-13-15-28(41-7)16-14-27)32(37)22-36(31-19-25(5)9-12-26(31)6)42(39,40)29-17-10-24(4)11-18-29/h9-19,23,30H,8,20-22H2,1-7H3,(H,34,38)/t30-/m1/s1. The molecule has 0 fully saturated rings. The van der Waals surface area contributed by atoms with Crippen LogP contribution in [0.1, 0.15) is 49.4 Å². The quantitative estimate of drug-likeness (QED) is 0.287. The molecule has 42 heavy (non-hydrogen) atoms. The maximum absolute atomic E-state index is 14.2. The van der Waals surface area contributed by atoms with Crippen molar-refractivity contribution in [2.75, 3.05) is 24.5 Å². The summed E-state index contributed by atoms with van der Waals surface area (Å²) in [6, 6.07) is 18.6. The number of amides is 2. The van der Waals surface area contributed by atoms with E-state index in [0.29, 0.717) is 30.0 Å². The number of carbonyl (C=O) groups excluding carboxylic acids is 2. The number of rotatable bonds is 13. The summed E-state index contributed by atoms with van der Waals surface area (Å²) < 4.78 is 34.7. The Morgan fingerprint density at radius 1 is 0.905 bits per heavy atom. The van der Waals surface area contributed by atoms with Crippen LogP contribution in [0.5, 0.6) is 5.75 Å². The molecule has 226 valence electrons. The van der Waals surface area contributed by atoms with Crippen LogP contribution in [0.2, 0.25) is 0 Å². The number of sulfonamides is 1. The van der Waals surface area contributed by atoms with E-state index in [2.05, 4.69) is 5.32 Å². The second-order valence-electron chi connectivity index (χ2n) is 11.0. The first-order chi connectivity index (χ1) is 19.9. The maximum Gasteiger partial charge on any atom is 0.264 e. The number of hydrogen-bond acceptors (Lipinski definition) is 5. The van der Waals surface area contributed by atoms with Gasteiger partial charge in [-0.25, -0.2) is 8.42 Å². The van der Waals surface area contributed by atoms with Gasteiger partial charge in [0.05, 0.1) is 17.7 Å². The minimum absolute atomic E-state index is 0.0882. The molecule has 0 aliphatic heterocycles. The monoisotopic (exact) mass is 593 g/mol. The second-order valence-corrected chi connectivity index (χ2v) is 12.9. The second kappa shape index (κ2) is 14.4. The zero-order valence-corrected chi connectivity index (χ0v) is 26.5. The minimum atomic E-state index is -4.13. The Morgan fingerprint density at radius 2 is 1.52 bits per heavy atom. The molecule has 9 heteroatoms. The number of methoxy groups -OCH3 is 1. The van der Waals surface area contributed by atoms with E-state index >= 15 is 0 Å². The summed E-state index contributed by atoms with van der Waals surface area (Å²) >= 11 is 0. The summed E-state index contributed by atoms with van der Waals surface area (Å²) in [5.74, 6) is 0.155. The van der Waals surface area contributed by atoms with E-state index in [1.165, 1.54) is 9.21 Å². The van der Waals surface area contributed by atoms with Gasteiger partial charge in [-0.3, -0.25) is 13.9 Å². The zero-order chi connectivity index (χ0) is 31.0. The lowest BCUT2D eigenvalue weighted by molar-refractivity contribution is -0.140. The molecule has 0 saturated heterocycles. The highest BCUT2D eigenvalue weighted by molar-refractivity contribution is 7.92. The molecule has 0 aliphatic rings. The first kappa shape index (κ1) is 32.7. The van der Waals surface area contributed by atoms with Gasteiger partial charge in [-0.15, -0.1) is 0 Å². The van der Waals surface area contributed by atoms with Crippen LogP contribution >= 0.6 is 0 Å². The van der Waals surface area contributed by atoms with E-state index in [0.717, 1.165) is 16.7 Å². The molecule has 0 unspecified atom stereocenters. The van der Waals surface area contributed by atoms with Crippen LogP contribution in [0, 0.1) is 26.7 Å². The average Bonchev–Trinajstić information content (AvgIpc) is 2.96. The highest BCUT2D eigenvalue weighted by Crippen LogP contribution is 2.29. The fourth-order valence-corrected chi connectivity index (χ4v) is 6.08. The molecule has 0 heterocycles. The fraction of sp³-hybridized carbons (Fsp3) is 0.394. The largest absolute Gasteiger partial charge is 0.497 e. The van der Waals surface area contributed by atoms with E-state index < -0.39 is 28.5 Å². The van der Waals surface area contributed by atoms with Crippen LogP contribution in [0.3, 0.4) is 0 Å². The summed E-state index contributed by atoms with van der Waals surface area (Å²) in [6.07, 6.45) is 0.361. The van der Waals surface area contributed by atoms with Crippen LogP contribution in [-0.4, -0.2) is 51.4 Å². The highest BCUT2D eigenvalue weighted by atomic mass is 32.2. The van der Waals surface area contributed by atoms with Crippen molar-refractivity contribution in [3.63, 3.8) is 0 Å². The molecule has 3 aromatic carbocycles. The summed E-state index contributed by atoms with van der Waals surface area (Å²) in [6.45, 7) is 11.6. The molecule has 0 saturated carbocycles. The van der Waals surface area contributed by atoms with Gasteiger partial charge in [0.1, 0.15) is 18.3 Å². The fourth-order valence-electron chi connectivity index (χ4n) is 4.61. The molecule has 1 atom stereocenters. The van der Waals surface area contributed by atoms with Crippen LogP contribution < -0.4 is 14.4 Å². The SMILES string of the molecule is CC[C@H](C(=O)NCC(C)C)N(Cc1ccc(OC)cc1)C(=O)CN(c1cc(C)ccc1C)S(=O)(=O)c1ccc(C)cc1. The number of aryl methyl sites for hydroxylation is 3. The predicted octanol–water partition coefficient (Wildman–Crippen LogP) is 5.40. The number of ether oxygens (including phenoxy) is 1. The number of hydrogen-bond donors (Lipinski definition) is 1. The molecule has 0 aromatic heterocycles. The van der Waals surface area contributed by atoms with Crippen molar-refractivity contribution in [2.45, 2.75) is 65.4 Å². The van der Waals surface area contributed by atoms with Gasteiger partial charge in [-0.2, -0.15) is 0 Å². The van der Waals surface area contributed by atoms with E-state index in [9.17, 15) is 18.0 Å². The number of nitrogens with zero attached hydrogens (tertiary/aromatic N) is 2. The normalized spacial score (nSPS) is 12.1. The Balaban J connectivity index is 2.08. The lowest BCUT2D eigenvalue weighted by Gasteiger charge is -2.33. The third-order valence-electron chi connectivity index (χ3n) is 7.10. The lowest BCUT2D eigenvalue weighted by atomic mass is 10.1. The van der Waals surface area contributed by atoms with Crippen molar-refractivity contribution >= 4 is 27.5 Å². The van der Waals surface area contributed by atoms with Crippen LogP contribution in [0.15, 0.2) is 71.6 Å². The molecule has 0 bridgehead atoms. The summed E-state index contributed by atoms with van der Waals surface area (Å²) in [5.41, 5.74) is 3.71. The van der Waals surface area contributed by atoms with E-state index in [-0.39, 0.29) is 23.3 Å². The molecule has 3 aromatic rings. The molecule has 2 amide bonds. The third kappa shape index (κ3) is 8.12. The Labute approximate surface area is 250 Å². The topological polar surface area (TPSA) is 96.0 Å². The Bertz CT molecular complexity index is 1470. The molecule has 3 rings (SSSR count). The van der Waals surface area contributed by atoms with Crippen LogP contribution in [0.25, 0.3) is 0 Å². The highest BCUT2D eigenvalue weighted by Gasteiger charge is 2.34. The van der Waals surface area contributed by atoms with Crippen molar-refractivity contribution in [1.29, 1.82) is 0 Å². The molecule has 0 aliphatic carbocycles. The summed E-state index contributed by atoms with van der Waals surface area (Å²) in [7, 11) is -2.55. The van der Waals surface area contributed by atoms with E-state index in [4.69, 9.17) is 4.74 Å². The number of carbonyl (C=O) groups is 2. The predicted molar refractivity (Wildman–Crippen MR) is 167 cm³/mol. The molecular weight excluding hydrogens is 550 g/mol. The number of nitrogens with one attached hydrogen (secondary N) is 1. The smallest absolute Gasteiger partial charge is 0.264 e. The van der Waals surface area contributed by atoms with Gasteiger partial charge >= 0.3 is 0 Å². The number of anilines is 1. The van der Waals surface area contributed by atoms with Gasteiger partial charge in [-0.1, -0.05) is 62.7 Å². The molecule has 0 spiro atoms. The van der Waals surface area contributed by atoms with Crippen molar-refractivity contribution in [3.8, 4) is 5.75 Å². The minimum Gasteiger partial charge on any atom is -0.497 e. The van der Waals surface area contributed by atoms with Gasteiger partial charge in [0, 0.05) is 13.1 Å². The van der Waals surface area contributed by atoms with Crippen LogP contribution in [0.4, 0.5) is 5.69 Å². The van der Waals surface area contributed by atoms with Crippen molar-refractivity contribution < 1.29 is 22.7 Å². The third-order valence-corrected chi connectivity index (χ3v) is 8.88. The average molecular weight is 594 g/mol. The van der Waals surface area contributed by atoms with E-state index in [1.54, 1.807) is 49.6 Å². The molecule has 8 nitrogen and oxygen atoms in total. The van der Waals surface area contributed by atoms with Crippen molar-refractivity contribution in [3.05, 3.63) is 89.0 Å². The molecule has 1 N–H and O–H groups in total. The summed E-state index contributed by atoms with van der Waals surface area (Å²) in [5, 5.41) is 2.95. The van der Waals surface area contributed by atoms with Gasteiger partial charge in [0.2, 0.25) is 11.8 Å². The Kier molecular flexibility index (Phi) is 11.2. The van der Waals surface area contributed by atoms with Crippen molar-refractivity contribution in [1.82, 2.24) is 10.2 Å². The van der Waals surface area contributed by atoms with Crippen LogP contribution in [-0.2, 0) is 26.2 Å². The molecule has 0 radical (unpaired) electrons. The lowest BCUT2D eigenvalue weighted by Crippen LogP contribution is -2.52. The van der Waals surface area contributed by atoms with E-state index in [1.807, 2.05) is 65.8 Å². The maximum atomic E-state index is 14.2. The van der Waals surface area contributed by atoms with Gasteiger partial charge in [0.25, 0.3) is 10.0 Å². The van der Waals surface area contributed by atoms with Gasteiger partial charge < -0.3 is 15.0 Å². The van der Waals surface area contributed by atoms with Gasteiger partial charge in [-0.05, 0) is 80.1 Å². The summed E-state index contributed by atoms with van der Waals surface area (Å²) in [4.78, 5) is 29.2. The first-order valence-corrected chi connectivity index (χ1v) is 15.7. The first-order valence-electron chi connectivity index (χ1n) is 14.2. The Morgan fingerprint density at radius 3 is 2.10 bits per heavy atom.